The Balaban J connectivity index is 1.12. The highest BCUT2D eigenvalue weighted by Gasteiger charge is 2.30. The van der Waals surface area contributed by atoms with Gasteiger partial charge in [0.15, 0.2) is 0 Å². The van der Waals surface area contributed by atoms with Gasteiger partial charge in [0, 0.05) is 26.6 Å². The zero-order valence-electron chi connectivity index (χ0n) is 24.0. The fourth-order valence-corrected chi connectivity index (χ4v) is 8.94. The number of benzene rings is 7. The van der Waals surface area contributed by atoms with Crippen LogP contribution in [0.25, 0.3) is 71.0 Å². The lowest BCUT2D eigenvalue weighted by atomic mass is 9.88. The first-order valence-corrected chi connectivity index (χ1v) is 16.2. The molecular formula is C42H27NS. The predicted molar refractivity (Wildman–Crippen MR) is 190 cm³/mol. The Morgan fingerprint density at radius 1 is 0.523 bits per heavy atom. The van der Waals surface area contributed by atoms with E-state index in [2.05, 4.69) is 150 Å². The summed E-state index contributed by atoms with van der Waals surface area (Å²) in [7, 11) is 0. The fraction of sp³-hybridized carbons (Fsp3) is 0.0476. The minimum Gasteiger partial charge on any atom is -0.309 e. The van der Waals surface area contributed by atoms with E-state index in [-0.39, 0.29) is 0 Å². The molecular weight excluding hydrogens is 551 g/mol. The SMILES string of the molecule is C1=C(c2ccc3c4ccccc4c4ccccc4c3c2)C=C2c3cc(-n4c5ccccc5c5ccccc54)ccc3SC2C1. The lowest BCUT2D eigenvalue weighted by molar-refractivity contribution is 1.09. The van der Waals surface area contributed by atoms with Gasteiger partial charge in [-0.1, -0.05) is 103 Å². The van der Waals surface area contributed by atoms with Crippen LogP contribution in [0.4, 0.5) is 0 Å². The van der Waals surface area contributed by atoms with Crippen LogP contribution in [-0.4, -0.2) is 9.82 Å². The molecule has 0 spiro atoms. The van der Waals surface area contributed by atoms with Gasteiger partial charge in [-0.3, -0.25) is 0 Å². The van der Waals surface area contributed by atoms with Gasteiger partial charge in [0.05, 0.1) is 11.0 Å². The average Bonchev–Trinajstić information content (AvgIpc) is 3.63. The number of hydrogen-bond donors (Lipinski definition) is 0. The molecule has 0 radical (unpaired) electrons. The summed E-state index contributed by atoms with van der Waals surface area (Å²) in [5, 5.41) is 11.0. The van der Waals surface area contributed by atoms with E-state index in [9.17, 15) is 0 Å². The van der Waals surface area contributed by atoms with Gasteiger partial charge in [-0.15, -0.1) is 11.8 Å². The van der Waals surface area contributed by atoms with Gasteiger partial charge in [0.25, 0.3) is 0 Å². The molecule has 0 saturated heterocycles. The summed E-state index contributed by atoms with van der Waals surface area (Å²) < 4.78 is 2.43. The third-order valence-electron chi connectivity index (χ3n) is 9.67. The molecule has 1 unspecified atom stereocenters. The van der Waals surface area contributed by atoms with Crippen molar-refractivity contribution in [2.24, 2.45) is 0 Å². The largest absolute Gasteiger partial charge is 0.309 e. The van der Waals surface area contributed by atoms with E-state index in [0.717, 1.165) is 6.42 Å². The van der Waals surface area contributed by atoms with Crippen LogP contribution in [0, 0.1) is 0 Å². The van der Waals surface area contributed by atoms with Gasteiger partial charge in [-0.05, 0) is 103 Å². The van der Waals surface area contributed by atoms with E-state index in [0.29, 0.717) is 5.25 Å². The summed E-state index contributed by atoms with van der Waals surface area (Å²) >= 11 is 2.01. The van der Waals surface area contributed by atoms with Crippen molar-refractivity contribution in [3.05, 3.63) is 157 Å². The van der Waals surface area contributed by atoms with Gasteiger partial charge in [-0.25, -0.2) is 0 Å². The van der Waals surface area contributed by atoms with Crippen molar-refractivity contribution in [2.75, 3.05) is 0 Å². The first-order valence-electron chi connectivity index (χ1n) is 15.4. The monoisotopic (exact) mass is 577 g/mol. The van der Waals surface area contributed by atoms with Gasteiger partial charge >= 0.3 is 0 Å². The van der Waals surface area contributed by atoms with Crippen molar-refractivity contribution in [1.82, 2.24) is 4.57 Å². The molecule has 44 heavy (non-hydrogen) atoms. The molecule has 1 atom stereocenters. The molecule has 8 aromatic rings. The van der Waals surface area contributed by atoms with Gasteiger partial charge in [0.2, 0.25) is 0 Å². The highest BCUT2D eigenvalue weighted by atomic mass is 32.2. The molecule has 0 fully saturated rings. The van der Waals surface area contributed by atoms with Crippen LogP contribution in [0.5, 0.6) is 0 Å². The van der Waals surface area contributed by atoms with Crippen LogP contribution in [0.2, 0.25) is 0 Å². The maximum Gasteiger partial charge on any atom is 0.0541 e. The highest BCUT2D eigenvalue weighted by molar-refractivity contribution is 8.00. The Morgan fingerprint density at radius 2 is 1.09 bits per heavy atom. The fourth-order valence-electron chi connectivity index (χ4n) is 7.67. The van der Waals surface area contributed by atoms with Crippen molar-refractivity contribution < 1.29 is 0 Å². The van der Waals surface area contributed by atoms with E-state index >= 15 is 0 Å². The van der Waals surface area contributed by atoms with E-state index in [4.69, 9.17) is 0 Å². The van der Waals surface area contributed by atoms with E-state index in [1.165, 1.54) is 87.0 Å². The molecule has 1 nitrogen and oxygen atoms in total. The smallest absolute Gasteiger partial charge is 0.0541 e. The summed E-state index contributed by atoms with van der Waals surface area (Å²) in [6.07, 6.45) is 5.96. The minimum absolute atomic E-state index is 0.465. The second-order valence-corrected chi connectivity index (χ2v) is 13.2. The summed E-state index contributed by atoms with van der Waals surface area (Å²) in [6.45, 7) is 0. The van der Waals surface area contributed by atoms with Crippen LogP contribution < -0.4 is 0 Å². The van der Waals surface area contributed by atoms with Crippen molar-refractivity contribution in [3.8, 4) is 5.69 Å². The topological polar surface area (TPSA) is 4.93 Å². The van der Waals surface area contributed by atoms with Crippen molar-refractivity contribution in [1.29, 1.82) is 0 Å². The molecule has 10 rings (SSSR count). The van der Waals surface area contributed by atoms with Crippen LogP contribution in [0.1, 0.15) is 17.5 Å². The Bertz CT molecular complexity index is 2470. The zero-order chi connectivity index (χ0) is 28.8. The first-order chi connectivity index (χ1) is 21.8. The number of hydrogen-bond acceptors (Lipinski definition) is 1. The molecule has 0 bridgehead atoms. The van der Waals surface area contributed by atoms with Gasteiger partial charge in [0.1, 0.15) is 0 Å². The standard InChI is InChI=1S/C42H27NS/c1-2-11-31-29(9-1)30-10-3-4-12-32(30)36-23-26(17-20-33(31)36)27-18-21-41-37(24-27)38-25-28(19-22-42(38)44-41)43-39-15-7-5-13-34(39)35-14-6-8-16-40(35)43/h1-20,22-25,41H,21H2. The Morgan fingerprint density at radius 3 is 1.75 bits per heavy atom. The van der Waals surface area contributed by atoms with Gasteiger partial charge < -0.3 is 4.57 Å². The second-order valence-electron chi connectivity index (χ2n) is 12.0. The maximum absolute atomic E-state index is 2.47. The first kappa shape index (κ1) is 24.4. The number of para-hydroxylation sites is 2. The molecule has 1 aliphatic carbocycles. The molecule has 0 saturated carbocycles. The molecule has 7 aromatic carbocycles. The minimum atomic E-state index is 0.465. The molecule has 206 valence electrons. The summed E-state index contributed by atoms with van der Waals surface area (Å²) in [5.74, 6) is 0. The lowest BCUT2D eigenvalue weighted by Gasteiger charge is -2.18. The molecule has 2 aliphatic rings. The number of rotatable bonds is 2. The molecule has 0 amide bonds. The Hall–Kier alpha value is -5.05. The third-order valence-corrected chi connectivity index (χ3v) is 11.0. The van der Waals surface area contributed by atoms with E-state index in [1.54, 1.807) is 0 Å². The quantitative estimate of drug-likeness (QED) is 0.185. The maximum atomic E-state index is 2.47. The summed E-state index contributed by atoms with van der Waals surface area (Å²) in [5.41, 5.74) is 9.18. The lowest BCUT2D eigenvalue weighted by Crippen LogP contribution is -2.04. The summed E-state index contributed by atoms with van der Waals surface area (Å²) in [6, 6.07) is 49.4. The normalized spacial score (nSPS) is 16.0. The van der Waals surface area contributed by atoms with Gasteiger partial charge in [-0.2, -0.15) is 0 Å². The molecule has 2 heteroatoms. The molecule has 0 N–H and O–H groups in total. The second kappa shape index (κ2) is 9.22. The van der Waals surface area contributed by atoms with Crippen molar-refractivity contribution >= 4 is 77.0 Å². The van der Waals surface area contributed by atoms with Crippen LogP contribution in [0.15, 0.2) is 151 Å². The summed E-state index contributed by atoms with van der Waals surface area (Å²) in [4.78, 5) is 1.39. The Labute approximate surface area is 259 Å². The van der Waals surface area contributed by atoms with Crippen molar-refractivity contribution in [2.45, 2.75) is 16.6 Å². The van der Waals surface area contributed by atoms with E-state index in [1.807, 2.05) is 11.8 Å². The number of aromatic nitrogens is 1. The number of allylic oxidation sites excluding steroid dienone is 3. The highest BCUT2D eigenvalue weighted by Crippen LogP contribution is 2.50. The average molecular weight is 578 g/mol. The Kier molecular flexibility index (Phi) is 5.11. The molecule has 1 aliphatic heterocycles. The van der Waals surface area contributed by atoms with Crippen molar-refractivity contribution in [3.63, 3.8) is 0 Å². The third kappa shape index (κ3) is 3.43. The molecule has 2 heterocycles. The molecule has 1 aromatic heterocycles. The van der Waals surface area contributed by atoms with Crippen LogP contribution in [0.3, 0.4) is 0 Å². The van der Waals surface area contributed by atoms with Crippen LogP contribution in [-0.2, 0) is 0 Å². The number of fused-ring (bicyclic) bond motifs is 12. The van der Waals surface area contributed by atoms with E-state index < -0.39 is 0 Å². The predicted octanol–water partition coefficient (Wildman–Crippen LogP) is 11.6. The zero-order valence-corrected chi connectivity index (χ0v) is 24.8. The number of thioether (sulfide) groups is 1. The number of nitrogens with zero attached hydrogens (tertiary/aromatic N) is 1. The van der Waals surface area contributed by atoms with Crippen LogP contribution >= 0.6 is 11.8 Å².